The topological polar surface area (TPSA) is 37.3 Å². The number of carbonyl (C=O) groups is 1. The quantitative estimate of drug-likeness (QED) is 0.417. The maximum absolute atomic E-state index is 9.69. The highest BCUT2D eigenvalue weighted by Crippen LogP contribution is 1.84. The largest absolute Gasteiger partial charge is 0.385 e. The van der Waals surface area contributed by atoms with Crippen LogP contribution in [0.25, 0.3) is 0 Å². The summed E-state index contributed by atoms with van der Waals surface area (Å²) in [5.74, 6) is 2.55. The summed E-state index contributed by atoms with van der Waals surface area (Å²) in [6.45, 7) is 0. The van der Waals surface area contributed by atoms with Crippen LogP contribution in [0.2, 0.25) is 0 Å². The van der Waals surface area contributed by atoms with Crippen LogP contribution in [0.1, 0.15) is 6.42 Å². The van der Waals surface area contributed by atoms with Gasteiger partial charge in [-0.05, 0) is 3.93 Å². The van der Waals surface area contributed by atoms with Gasteiger partial charge >= 0.3 is 0 Å². The third-order valence-corrected chi connectivity index (χ3v) is 0.916. The maximum atomic E-state index is 9.69. The number of carbonyl (C=O) groups excluding carboxylic acids is 1. The minimum atomic E-state index is -0.905. The van der Waals surface area contributed by atoms with Gasteiger partial charge in [0.2, 0.25) is 0 Å². The Balaban J connectivity index is 3.33. The molecule has 0 spiro atoms. The lowest BCUT2D eigenvalue weighted by Gasteiger charge is -1.89. The van der Waals surface area contributed by atoms with Crippen LogP contribution in [0, 0.1) is 9.85 Å². The molecule has 44 valence electrons. The maximum Gasteiger partial charge on any atom is 0.149 e. The molecule has 0 aromatic heterocycles. The number of hydrogen-bond donors (Lipinski definition) is 1. The lowest BCUT2D eigenvalue weighted by atomic mass is 10.3. The fourth-order valence-electron chi connectivity index (χ4n) is 0.191. The van der Waals surface area contributed by atoms with Gasteiger partial charge in [0.1, 0.15) is 12.4 Å². The standard InChI is InChI=1S/C5H5IO2/c6-3-1-2-5(8)4-7/h4-5,8H,2H2. The minimum absolute atomic E-state index is 0.242. The van der Waals surface area contributed by atoms with E-state index in [1.807, 2.05) is 22.6 Å². The number of rotatable bonds is 2. The van der Waals surface area contributed by atoms with E-state index in [1.165, 1.54) is 0 Å². The van der Waals surface area contributed by atoms with Crippen molar-refractivity contribution in [3.63, 3.8) is 0 Å². The molecule has 0 amide bonds. The molecule has 1 unspecified atom stereocenters. The summed E-state index contributed by atoms with van der Waals surface area (Å²) in [6.07, 6.45) is -0.190. The molecule has 0 rings (SSSR count). The smallest absolute Gasteiger partial charge is 0.149 e. The number of hydrogen-bond acceptors (Lipinski definition) is 2. The van der Waals surface area contributed by atoms with Crippen molar-refractivity contribution in [2.45, 2.75) is 12.5 Å². The average molecular weight is 224 g/mol. The first-order valence-corrected chi connectivity index (χ1v) is 3.11. The Bertz CT molecular complexity index is 122. The molecule has 0 aliphatic carbocycles. The van der Waals surface area contributed by atoms with Crippen molar-refractivity contribution < 1.29 is 9.90 Å². The number of aliphatic hydroxyl groups is 1. The normalized spacial score (nSPS) is 11.2. The van der Waals surface area contributed by atoms with Crippen LogP contribution in [0.4, 0.5) is 0 Å². The molecule has 8 heavy (non-hydrogen) atoms. The summed E-state index contributed by atoms with van der Waals surface area (Å²) in [6, 6.07) is 0. The number of aliphatic hydroxyl groups excluding tert-OH is 1. The molecule has 0 aliphatic heterocycles. The van der Waals surface area contributed by atoms with Crippen LogP contribution in [-0.4, -0.2) is 17.5 Å². The van der Waals surface area contributed by atoms with Gasteiger partial charge in [-0.2, -0.15) is 0 Å². The van der Waals surface area contributed by atoms with Crippen LogP contribution in [0.5, 0.6) is 0 Å². The predicted octanol–water partition coefficient (Wildman–Crippen LogP) is 0.332. The molecule has 3 heteroatoms. The van der Waals surface area contributed by atoms with Crippen LogP contribution < -0.4 is 0 Å². The van der Waals surface area contributed by atoms with E-state index >= 15 is 0 Å². The molecule has 0 aromatic rings. The van der Waals surface area contributed by atoms with Crippen molar-refractivity contribution in [2.75, 3.05) is 0 Å². The lowest BCUT2D eigenvalue weighted by Crippen LogP contribution is -2.04. The van der Waals surface area contributed by atoms with E-state index in [-0.39, 0.29) is 6.42 Å². The second kappa shape index (κ2) is 5.06. The summed E-state index contributed by atoms with van der Waals surface area (Å²) in [5.41, 5.74) is 0. The molecule has 0 bridgehead atoms. The van der Waals surface area contributed by atoms with Crippen LogP contribution >= 0.6 is 22.6 Å². The average Bonchev–Trinajstić information content (AvgIpc) is 1.83. The van der Waals surface area contributed by atoms with Gasteiger partial charge in [0.15, 0.2) is 0 Å². The first-order chi connectivity index (χ1) is 3.81. The second-order valence-corrected chi connectivity index (χ2v) is 1.72. The zero-order valence-electron chi connectivity index (χ0n) is 4.10. The molecule has 0 radical (unpaired) electrons. The minimum Gasteiger partial charge on any atom is -0.385 e. The Morgan fingerprint density at radius 3 is 2.88 bits per heavy atom. The van der Waals surface area contributed by atoms with Gasteiger partial charge in [-0.1, -0.05) is 5.92 Å². The highest BCUT2D eigenvalue weighted by atomic mass is 127. The third kappa shape index (κ3) is 4.09. The van der Waals surface area contributed by atoms with E-state index in [0.717, 1.165) is 0 Å². The molecular weight excluding hydrogens is 219 g/mol. The van der Waals surface area contributed by atoms with Crippen molar-refractivity contribution in [3.8, 4) is 9.85 Å². The molecule has 0 heterocycles. The summed E-state index contributed by atoms with van der Waals surface area (Å²) < 4.78 is 2.53. The Morgan fingerprint density at radius 2 is 2.50 bits per heavy atom. The van der Waals surface area contributed by atoms with E-state index in [2.05, 4.69) is 9.85 Å². The molecule has 1 N–H and O–H groups in total. The van der Waals surface area contributed by atoms with E-state index in [0.29, 0.717) is 6.29 Å². The Labute approximate surface area is 61.4 Å². The van der Waals surface area contributed by atoms with E-state index in [1.54, 1.807) is 0 Å². The third-order valence-electron chi connectivity index (χ3n) is 0.535. The number of halogens is 1. The first kappa shape index (κ1) is 7.92. The van der Waals surface area contributed by atoms with Crippen molar-refractivity contribution in [3.05, 3.63) is 0 Å². The van der Waals surface area contributed by atoms with E-state index in [9.17, 15) is 4.79 Å². The first-order valence-electron chi connectivity index (χ1n) is 2.03. The van der Waals surface area contributed by atoms with Gasteiger partial charge in [0.25, 0.3) is 0 Å². The summed E-state index contributed by atoms with van der Waals surface area (Å²) >= 11 is 1.85. The highest BCUT2D eigenvalue weighted by molar-refractivity contribution is 14.1. The van der Waals surface area contributed by atoms with Gasteiger partial charge in [-0.25, -0.2) is 0 Å². The van der Waals surface area contributed by atoms with E-state index in [4.69, 9.17) is 5.11 Å². The SMILES string of the molecule is O=CC(O)CC#CI. The summed E-state index contributed by atoms with van der Waals surface area (Å²) in [4.78, 5) is 9.69. The second-order valence-electron chi connectivity index (χ2n) is 1.18. The monoisotopic (exact) mass is 224 g/mol. The van der Waals surface area contributed by atoms with Crippen molar-refractivity contribution >= 4 is 28.9 Å². The summed E-state index contributed by atoms with van der Waals surface area (Å²) in [5, 5.41) is 8.52. The molecule has 2 nitrogen and oxygen atoms in total. The zero-order chi connectivity index (χ0) is 6.41. The van der Waals surface area contributed by atoms with E-state index < -0.39 is 6.10 Å². The molecule has 0 fully saturated rings. The molecular formula is C5H5IO2. The van der Waals surface area contributed by atoms with Gasteiger partial charge < -0.3 is 9.90 Å². The van der Waals surface area contributed by atoms with Crippen molar-refractivity contribution in [2.24, 2.45) is 0 Å². The van der Waals surface area contributed by atoms with Gasteiger partial charge in [-0.15, -0.1) is 0 Å². The molecule has 0 saturated carbocycles. The molecule has 0 aromatic carbocycles. The molecule has 0 saturated heterocycles. The van der Waals surface area contributed by atoms with Gasteiger partial charge in [0, 0.05) is 29.0 Å². The van der Waals surface area contributed by atoms with Gasteiger partial charge in [-0.3, -0.25) is 0 Å². The highest BCUT2D eigenvalue weighted by Gasteiger charge is 1.94. The Morgan fingerprint density at radius 1 is 1.88 bits per heavy atom. The van der Waals surface area contributed by atoms with Gasteiger partial charge in [0.05, 0.1) is 0 Å². The van der Waals surface area contributed by atoms with Crippen molar-refractivity contribution in [1.82, 2.24) is 0 Å². The molecule has 0 aliphatic rings. The van der Waals surface area contributed by atoms with Crippen LogP contribution in [0.15, 0.2) is 0 Å². The fourth-order valence-corrected chi connectivity index (χ4v) is 0.411. The Kier molecular flexibility index (Phi) is 5.01. The Hall–Kier alpha value is -0.0800. The zero-order valence-corrected chi connectivity index (χ0v) is 6.25. The fraction of sp³-hybridized carbons (Fsp3) is 0.400. The van der Waals surface area contributed by atoms with Crippen LogP contribution in [-0.2, 0) is 4.79 Å². The summed E-state index contributed by atoms with van der Waals surface area (Å²) in [7, 11) is 0. The molecule has 1 atom stereocenters. The van der Waals surface area contributed by atoms with Crippen molar-refractivity contribution in [1.29, 1.82) is 0 Å². The lowest BCUT2D eigenvalue weighted by molar-refractivity contribution is -0.114. The number of aldehydes is 1. The van der Waals surface area contributed by atoms with Crippen LogP contribution in [0.3, 0.4) is 0 Å². The predicted molar refractivity (Wildman–Crippen MR) is 38.5 cm³/mol.